The molecule has 1 fully saturated rings. The zero-order valence-corrected chi connectivity index (χ0v) is 26.9. The molecule has 0 aliphatic carbocycles. The number of anilines is 1. The average Bonchev–Trinajstić information content (AvgIpc) is 3.66. The van der Waals surface area contributed by atoms with Gasteiger partial charge in [-0.2, -0.15) is 0 Å². The summed E-state index contributed by atoms with van der Waals surface area (Å²) in [5, 5.41) is 13.9. The molecule has 5 rings (SSSR count). The van der Waals surface area contributed by atoms with E-state index in [4.69, 9.17) is 18.9 Å². The highest BCUT2D eigenvalue weighted by Crippen LogP contribution is 2.49. The van der Waals surface area contributed by atoms with Gasteiger partial charge in [-0.25, -0.2) is 0 Å². The standard InChI is InChI=1S/C36H44N2O7/c1-6-24-17-22(3)18-25(7-2)33(24)37-31(39)20-38-19-29(28-13-14-30-35(23(28)4)45-21-44-30)32(36(40)41)34(38)26-9-11-27(12-10-26)43-16-8-15-42-5/h9-14,17-18,29,32,34H,6-8,15-16,19-21H2,1-5H3,(H,37,39)(H,40,41)/t29-,32?,34+/m1/s1. The van der Waals surface area contributed by atoms with Crippen molar-refractivity contribution in [2.24, 2.45) is 5.92 Å². The molecular weight excluding hydrogens is 572 g/mol. The van der Waals surface area contributed by atoms with Gasteiger partial charge >= 0.3 is 5.97 Å². The fourth-order valence-electron chi connectivity index (χ4n) is 6.81. The number of ether oxygens (including phenoxy) is 4. The highest BCUT2D eigenvalue weighted by Gasteiger charge is 2.48. The number of carboxylic acid groups (broad SMARTS) is 1. The van der Waals surface area contributed by atoms with Crippen LogP contribution in [0.1, 0.15) is 65.6 Å². The van der Waals surface area contributed by atoms with Crippen LogP contribution in [0.4, 0.5) is 5.69 Å². The summed E-state index contributed by atoms with van der Waals surface area (Å²) in [5.41, 5.74) is 6.79. The monoisotopic (exact) mass is 616 g/mol. The van der Waals surface area contributed by atoms with Crippen LogP contribution >= 0.6 is 0 Å². The Morgan fingerprint density at radius 2 is 1.71 bits per heavy atom. The van der Waals surface area contributed by atoms with Crippen LogP contribution in [-0.4, -0.2) is 62.1 Å². The molecule has 3 aromatic rings. The molecule has 9 heteroatoms. The van der Waals surface area contributed by atoms with Crippen LogP contribution in [0.2, 0.25) is 0 Å². The lowest BCUT2D eigenvalue weighted by atomic mass is 9.81. The number of nitrogens with one attached hydrogen (secondary N) is 1. The lowest BCUT2D eigenvalue weighted by molar-refractivity contribution is -0.143. The van der Waals surface area contributed by atoms with Gasteiger partial charge in [-0.15, -0.1) is 0 Å². The summed E-state index contributed by atoms with van der Waals surface area (Å²) in [6.45, 7) is 9.88. The number of likely N-dealkylation sites (tertiary alicyclic amines) is 1. The second kappa shape index (κ2) is 14.3. The maximum atomic E-state index is 13.8. The predicted molar refractivity (Wildman–Crippen MR) is 172 cm³/mol. The fraction of sp³-hybridized carbons (Fsp3) is 0.444. The molecule has 1 unspecified atom stereocenters. The Kier molecular flexibility index (Phi) is 10.3. The van der Waals surface area contributed by atoms with Gasteiger partial charge in [-0.1, -0.05) is 49.7 Å². The number of fused-ring (bicyclic) bond motifs is 1. The quantitative estimate of drug-likeness (QED) is 0.224. The number of benzene rings is 3. The Balaban J connectivity index is 1.47. The Labute approximate surface area is 265 Å². The maximum Gasteiger partial charge on any atom is 0.309 e. The van der Waals surface area contributed by atoms with Gasteiger partial charge in [0.1, 0.15) is 5.75 Å². The number of nitrogens with zero attached hydrogens (tertiary/aromatic N) is 1. The summed E-state index contributed by atoms with van der Waals surface area (Å²) in [5.74, 6) is -0.252. The zero-order chi connectivity index (χ0) is 32.1. The van der Waals surface area contributed by atoms with Crippen molar-refractivity contribution in [2.75, 3.05) is 45.5 Å². The Morgan fingerprint density at radius 1 is 1.00 bits per heavy atom. The molecule has 45 heavy (non-hydrogen) atoms. The largest absolute Gasteiger partial charge is 0.494 e. The van der Waals surface area contributed by atoms with Crippen molar-refractivity contribution >= 4 is 17.6 Å². The highest BCUT2D eigenvalue weighted by molar-refractivity contribution is 5.94. The number of hydrogen-bond donors (Lipinski definition) is 2. The van der Waals surface area contributed by atoms with Gasteiger partial charge in [0.15, 0.2) is 11.5 Å². The number of carbonyl (C=O) groups is 2. The molecule has 3 aromatic carbocycles. The molecule has 0 radical (unpaired) electrons. The summed E-state index contributed by atoms with van der Waals surface area (Å²) in [4.78, 5) is 28.9. The summed E-state index contributed by atoms with van der Waals surface area (Å²) >= 11 is 0. The first-order chi connectivity index (χ1) is 21.7. The SMILES string of the molecule is CCc1cc(C)cc(CC)c1NC(=O)CN1C[C@H](c2ccc3c(c2C)OCO3)C(C(=O)O)[C@@H]1c1ccc(OCCCOC)cc1. The van der Waals surface area contributed by atoms with E-state index in [2.05, 4.69) is 38.2 Å². The van der Waals surface area contributed by atoms with Crippen molar-refractivity contribution in [3.05, 3.63) is 81.9 Å². The molecule has 0 bridgehead atoms. The minimum atomic E-state index is -0.912. The first kappa shape index (κ1) is 32.3. The summed E-state index contributed by atoms with van der Waals surface area (Å²) in [6, 6.07) is 15.0. The molecule has 1 amide bonds. The van der Waals surface area contributed by atoms with E-state index in [1.165, 1.54) is 5.56 Å². The highest BCUT2D eigenvalue weighted by atomic mass is 16.7. The van der Waals surface area contributed by atoms with Gasteiger partial charge in [-0.05, 0) is 72.7 Å². The van der Waals surface area contributed by atoms with Gasteiger partial charge in [0.2, 0.25) is 12.7 Å². The average molecular weight is 617 g/mol. The van der Waals surface area contributed by atoms with Crippen molar-refractivity contribution < 1.29 is 33.6 Å². The normalized spacial score (nSPS) is 19.1. The number of rotatable bonds is 13. The minimum absolute atomic E-state index is 0.0456. The van der Waals surface area contributed by atoms with Gasteiger partial charge in [0.25, 0.3) is 0 Å². The van der Waals surface area contributed by atoms with Gasteiger partial charge in [0, 0.05) is 44.3 Å². The van der Waals surface area contributed by atoms with Crippen LogP contribution in [0.25, 0.3) is 0 Å². The number of carbonyl (C=O) groups excluding carboxylic acids is 1. The third kappa shape index (κ3) is 6.94. The number of methoxy groups -OCH3 is 1. The lowest BCUT2D eigenvalue weighted by Crippen LogP contribution is -2.35. The van der Waals surface area contributed by atoms with Crippen LogP contribution in [0.5, 0.6) is 17.2 Å². The van der Waals surface area contributed by atoms with Crippen molar-refractivity contribution in [1.82, 2.24) is 4.90 Å². The maximum absolute atomic E-state index is 13.8. The molecule has 2 aliphatic rings. The molecule has 2 N–H and O–H groups in total. The Hall–Kier alpha value is -4.08. The summed E-state index contributed by atoms with van der Waals surface area (Å²) in [7, 11) is 1.66. The van der Waals surface area contributed by atoms with E-state index >= 15 is 0 Å². The Morgan fingerprint density at radius 3 is 2.36 bits per heavy atom. The van der Waals surface area contributed by atoms with Gasteiger partial charge in [-0.3, -0.25) is 14.5 Å². The van der Waals surface area contributed by atoms with Crippen LogP contribution < -0.4 is 19.5 Å². The molecule has 9 nitrogen and oxygen atoms in total. The number of carboxylic acids is 1. The van der Waals surface area contributed by atoms with E-state index in [0.29, 0.717) is 37.0 Å². The molecule has 0 spiro atoms. The summed E-state index contributed by atoms with van der Waals surface area (Å²) < 4.78 is 22.3. The van der Waals surface area contributed by atoms with Crippen molar-refractivity contribution in [3.8, 4) is 17.2 Å². The van der Waals surface area contributed by atoms with Gasteiger partial charge in [0.05, 0.1) is 19.1 Å². The fourth-order valence-corrected chi connectivity index (χ4v) is 6.81. The number of aliphatic carboxylic acids is 1. The lowest BCUT2D eigenvalue weighted by Gasteiger charge is -2.27. The van der Waals surface area contributed by atoms with E-state index in [9.17, 15) is 14.7 Å². The molecule has 1 saturated heterocycles. The van der Waals surface area contributed by atoms with Crippen LogP contribution in [-0.2, 0) is 27.2 Å². The Bertz CT molecular complexity index is 1500. The van der Waals surface area contributed by atoms with E-state index in [0.717, 1.165) is 52.8 Å². The molecule has 2 heterocycles. The second-order valence-corrected chi connectivity index (χ2v) is 11.8. The second-order valence-electron chi connectivity index (χ2n) is 11.8. The predicted octanol–water partition coefficient (Wildman–Crippen LogP) is 6.05. The number of aryl methyl sites for hydroxylation is 3. The topological polar surface area (TPSA) is 107 Å². The van der Waals surface area contributed by atoms with Gasteiger partial charge < -0.3 is 29.4 Å². The van der Waals surface area contributed by atoms with Crippen molar-refractivity contribution in [1.29, 1.82) is 0 Å². The molecule has 0 saturated carbocycles. The summed E-state index contributed by atoms with van der Waals surface area (Å²) in [6.07, 6.45) is 2.36. The first-order valence-electron chi connectivity index (χ1n) is 15.8. The smallest absolute Gasteiger partial charge is 0.309 e. The van der Waals surface area contributed by atoms with E-state index in [-0.39, 0.29) is 25.2 Å². The molecular formula is C36H44N2O7. The van der Waals surface area contributed by atoms with Crippen LogP contribution in [0.3, 0.4) is 0 Å². The first-order valence-corrected chi connectivity index (χ1v) is 15.8. The van der Waals surface area contributed by atoms with Crippen LogP contribution in [0, 0.1) is 19.8 Å². The zero-order valence-electron chi connectivity index (χ0n) is 26.9. The molecule has 2 aliphatic heterocycles. The van der Waals surface area contributed by atoms with Crippen LogP contribution in [0.15, 0.2) is 48.5 Å². The van der Waals surface area contributed by atoms with E-state index in [1.807, 2.05) is 48.2 Å². The number of hydrogen-bond acceptors (Lipinski definition) is 7. The van der Waals surface area contributed by atoms with Crippen molar-refractivity contribution in [3.63, 3.8) is 0 Å². The molecule has 3 atom stereocenters. The van der Waals surface area contributed by atoms with Crippen molar-refractivity contribution in [2.45, 2.75) is 58.9 Å². The number of amides is 1. The minimum Gasteiger partial charge on any atom is -0.494 e. The van der Waals surface area contributed by atoms with E-state index < -0.39 is 17.9 Å². The third-order valence-corrected chi connectivity index (χ3v) is 8.91. The molecule has 0 aromatic heterocycles. The van der Waals surface area contributed by atoms with E-state index in [1.54, 1.807) is 7.11 Å². The molecule has 240 valence electrons. The third-order valence-electron chi connectivity index (χ3n) is 8.91.